The van der Waals surface area contributed by atoms with Gasteiger partial charge in [0.1, 0.15) is 6.54 Å². The number of nitrogens with zero attached hydrogens (tertiary/aromatic N) is 1. The Morgan fingerprint density at radius 1 is 1.33 bits per heavy atom. The topological polar surface area (TPSA) is 53.2 Å². The number of nitrogens with one attached hydrogen (secondary N) is 1. The predicted molar refractivity (Wildman–Crippen MR) is 42.5 cm³/mol. The summed E-state index contributed by atoms with van der Waals surface area (Å²) in [5.41, 5.74) is 0. The van der Waals surface area contributed by atoms with Gasteiger partial charge in [0.05, 0.1) is 19.0 Å². The lowest BCUT2D eigenvalue weighted by Crippen LogP contribution is -2.50. The summed E-state index contributed by atoms with van der Waals surface area (Å²) in [6.45, 7) is 0.236. The summed E-state index contributed by atoms with van der Waals surface area (Å²) < 4.78 is 1.41. The first-order valence-corrected chi connectivity index (χ1v) is 3.70. The quantitative estimate of drug-likeness (QED) is 0.585. The number of aromatic nitrogens is 1. The van der Waals surface area contributed by atoms with Crippen LogP contribution in [0.3, 0.4) is 0 Å². The molecule has 1 amide bonds. The lowest BCUT2D eigenvalue weighted by Gasteiger charge is -1.95. The highest BCUT2D eigenvalue weighted by Gasteiger charge is 2.08. The maximum absolute atomic E-state index is 11.1. The fourth-order valence-corrected chi connectivity index (χ4v) is 0.788. The molecule has 4 nitrogen and oxygen atoms in total. The highest BCUT2D eigenvalue weighted by molar-refractivity contribution is 5.63. The van der Waals surface area contributed by atoms with Gasteiger partial charge in [-0.1, -0.05) is 6.07 Å². The molecule has 0 atom stereocenters. The minimum atomic E-state index is -0.232. The minimum Gasteiger partial charge on any atom is -0.392 e. The zero-order valence-corrected chi connectivity index (χ0v) is 6.60. The first-order chi connectivity index (χ1) is 5.84. The average Bonchev–Trinajstić information content (AvgIpc) is 2.15. The second kappa shape index (κ2) is 4.46. The van der Waals surface area contributed by atoms with Crippen molar-refractivity contribution in [1.29, 1.82) is 0 Å². The molecule has 0 aromatic carbocycles. The summed E-state index contributed by atoms with van der Waals surface area (Å²) in [6.07, 6.45) is 3.29. The summed E-state index contributed by atoms with van der Waals surface area (Å²) in [5.74, 6) is 0. The Bertz CT molecular complexity index is 248. The fourth-order valence-electron chi connectivity index (χ4n) is 0.788. The summed E-state index contributed by atoms with van der Waals surface area (Å²) >= 11 is 0. The molecule has 0 aliphatic rings. The van der Waals surface area contributed by atoms with Crippen LogP contribution in [0, 0.1) is 0 Å². The molecular formula is C8H11N2O2+. The first-order valence-electron chi connectivity index (χ1n) is 3.70. The van der Waals surface area contributed by atoms with Crippen molar-refractivity contribution in [1.82, 2.24) is 5.32 Å². The van der Waals surface area contributed by atoms with E-state index < -0.39 is 0 Å². The van der Waals surface area contributed by atoms with Crippen LogP contribution >= 0.6 is 0 Å². The number of pyridine rings is 1. The smallest absolute Gasteiger partial charge is 0.392 e. The first kappa shape index (κ1) is 8.67. The lowest BCUT2D eigenvalue weighted by molar-refractivity contribution is -0.572. The third kappa shape index (κ3) is 2.32. The van der Waals surface area contributed by atoms with Gasteiger partial charge >= 0.3 is 6.03 Å². The molecule has 0 bridgehead atoms. The number of aliphatic hydroxyl groups is 1. The third-order valence-corrected chi connectivity index (χ3v) is 1.34. The Morgan fingerprint density at radius 3 is 2.58 bits per heavy atom. The van der Waals surface area contributed by atoms with E-state index in [-0.39, 0.29) is 19.2 Å². The molecule has 0 saturated heterocycles. The maximum Gasteiger partial charge on any atom is 0.495 e. The number of carbonyl (C=O) groups is 1. The van der Waals surface area contributed by atoms with Crippen LogP contribution in [0.5, 0.6) is 0 Å². The fraction of sp³-hybridized carbons (Fsp3) is 0.250. The van der Waals surface area contributed by atoms with Crippen molar-refractivity contribution in [3.05, 3.63) is 30.6 Å². The van der Waals surface area contributed by atoms with Gasteiger partial charge in [-0.05, 0) is 12.1 Å². The Labute approximate surface area is 70.5 Å². The van der Waals surface area contributed by atoms with Crippen molar-refractivity contribution in [2.75, 3.05) is 13.2 Å². The molecule has 0 fully saturated rings. The van der Waals surface area contributed by atoms with Crippen LogP contribution in [0.1, 0.15) is 0 Å². The van der Waals surface area contributed by atoms with E-state index in [0.29, 0.717) is 0 Å². The SMILES string of the molecule is O=C(NCCO)[n+]1ccccc1. The predicted octanol–water partition coefficient (Wildman–Crippen LogP) is -0.476. The third-order valence-electron chi connectivity index (χ3n) is 1.34. The number of amides is 1. The largest absolute Gasteiger partial charge is 0.495 e. The van der Waals surface area contributed by atoms with Gasteiger partial charge in [0.25, 0.3) is 0 Å². The number of aliphatic hydroxyl groups excluding tert-OH is 1. The van der Waals surface area contributed by atoms with Crippen LogP contribution in [0.2, 0.25) is 0 Å². The Morgan fingerprint density at radius 2 is 2.00 bits per heavy atom. The number of hydrogen-bond acceptors (Lipinski definition) is 2. The molecule has 4 heteroatoms. The van der Waals surface area contributed by atoms with Gasteiger partial charge in [0.15, 0.2) is 0 Å². The molecule has 2 N–H and O–H groups in total. The molecular weight excluding hydrogens is 156 g/mol. The molecule has 0 spiro atoms. The molecule has 12 heavy (non-hydrogen) atoms. The van der Waals surface area contributed by atoms with E-state index in [0.717, 1.165) is 0 Å². The van der Waals surface area contributed by atoms with Gasteiger partial charge in [0.2, 0.25) is 0 Å². The van der Waals surface area contributed by atoms with E-state index in [2.05, 4.69) is 5.32 Å². The highest BCUT2D eigenvalue weighted by atomic mass is 16.3. The van der Waals surface area contributed by atoms with E-state index in [4.69, 9.17) is 5.11 Å². The highest BCUT2D eigenvalue weighted by Crippen LogP contribution is 1.75. The van der Waals surface area contributed by atoms with Crippen molar-refractivity contribution >= 4 is 6.03 Å². The van der Waals surface area contributed by atoms with Crippen LogP contribution in [-0.2, 0) is 0 Å². The van der Waals surface area contributed by atoms with Gasteiger partial charge in [-0.2, -0.15) is 9.36 Å². The van der Waals surface area contributed by atoms with E-state index in [1.54, 1.807) is 24.5 Å². The van der Waals surface area contributed by atoms with E-state index in [1.165, 1.54) is 4.57 Å². The van der Waals surface area contributed by atoms with Crippen molar-refractivity contribution in [3.63, 3.8) is 0 Å². The normalized spacial score (nSPS) is 9.42. The van der Waals surface area contributed by atoms with Crippen LogP contribution in [-0.4, -0.2) is 24.3 Å². The maximum atomic E-state index is 11.1. The summed E-state index contributed by atoms with van der Waals surface area (Å²) in [5, 5.41) is 11.0. The van der Waals surface area contributed by atoms with Gasteiger partial charge in [-0.3, -0.25) is 0 Å². The summed E-state index contributed by atoms with van der Waals surface area (Å²) in [4.78, 5) is 11.1. The van der Waals surface area contributed by atoms with E-state index >= 15 is 0 Å². The van der Waals surface area contributed by atoms with Gasteiger partial charge in [-0.15, -0.1) is 0 Å². The van der Waals surface area contributed by atoms with E-state index in [9.17, 15) is 4.79 Å². The summed E-state index contributed by atoms with van der Waals surface area (Å²) in [7, 11) is 0. The van der Waals surface area contributed by atoms with Gasteiger partial charge in [0, 0.05) is 0 Å². The van der Waals surface area contributed by atoms with Crippen molar-refractivity contribution in [2.45, 2.75) is 0 Å². The zero-order chi connectivity index (χ0) is 8.81. The van der Waals surface area contributed by atoms with Crippen molar-refractivity contribution in [3.8, 4) is 0 Å². The molecule has 1 aromatic rings. The molecule has 1 heterocycles. The molecule has 0 radical (unpaired) electrons. The second-order valence-corrected chi connectivity index (χ2v) is 2.24. The standard InChI is InChI=1S/C8H10N2O2/c11-7-4-9-8(12)10-5-2-1-3-6-10/h1-3,5-6,11H,4,7H2/p+1. The van der Waals surface area contributed by atoms with Crippen molar-refractivity contribution in [2.24, 2.45) is 0 Å². The molecule has 1 rings (SSSR count). The van der Waals surface area contributed by atoms with Crippen LogP contribution in [0.4, 0.5) is 4.79 Å². The Balaban J connectivity index is 2.54. The average molecular weight is 167 g/mol. The zero-order valence-electron chi connectivity index (χ0n) is 6.60. The molecule has 0 aliphatic carbocycles. The Kier molecular flexibility index (Phi) is 3.22. The second-order valence-electron chi connectivity index (χ2n) is 2.24. The van der Waals surface area contributed by atoms with Gasteiger partial charge < -0.3 is 5.11 Å². The van der Waals surface area contributed by atoms with Crippen LogP contribution < -0.4 is 9.88 Å². The lowest BCUT2D eigenvalue weighted by atomic mass is 10.5. The molecule has 1 aromatic heterocycles. The number of carbonyl (C=O) groups excluding carboxylic acids is 1. The number of rotatable bonds is 2. The molecule has 0 saturated carbocycles. The Hall–Kier alpha value is -1.42. The van der Waals surface area contributed by atoms with Crippen LogP contribution in [0.25, 0.3) is 0 Å². The summed E-state index contributed by atoms with van der Waals surface area (Å²) in [6, 6.07) is 5.12. The van der Waals surface area contributed by atoms with Gasteiger partial charge in [-0.25, -0.2) is 5.32 Å². The minimum absolute atomic E-state index is 0.0425. The molecule has 0 unspecified atom stereocenters. The molecule has 64 valence electrons. The monoisotopic (exact) mass is 167 g/mol. The molecule has 0 aliphatic heterocycles. The number of hydrogen-bond donors (Lipinski definition) is 2. The van der Waals surface area contributed by atoms with E-state index in [1.807, 2.05) is 6.07 Å². The van der Waals surface area contributed by atoms with Crippen molar-refractivity contribution < 1.29 is 14.5 Å². The van der Waals surface area contributed by atoms with Crippen LogP contribution in [0.15, 0.2) is 30.6 Å².